The highest BCUT2D eigenvalue weighted by Crippen LogP contribution is 2.28. The number of hydrogen-bond donors (Lipinski definition) is 1. The number of halogens is 1. The topological polar surface area (TPSA) is 29.1 Å². The van der Waals surface area contributed by atoms with Crippen LogP contribution >= 0.6 is 23.4 Å². The van der Waals surface area contributed by atoms with E-state index < -0.39 is 0 Å². The molecule has 0 aromatic heterocycles. The maximum Gasteiger partial charge on any atom is 0.233 e. The number of carbonyl (C=O) groups excluding carboxylic acids is 1. The van der Waals surface area contributed by atoms with Crippen LogP contribution in [0.2, 0.25) is 5.02 Å². The van der Waals surface area contributed by atoms with Crippen LogP contribution in [0.5, 0.6) is 0 Å². The summed E-state index contributed by atoms with van der Waals surface area (Å²) in [6.07, 6.45) is 4.38. The molecule has 1 amide bonds. The van der Waals surface area contributed by atoms with Crippen molar-refractivity contribution in [1.29, 1.82) is 0 Å². The second-order valence-corrected chi connectivity index (χ2v) is 8.29. The Morgan fingerprint density at radius 1 is 1.16 bits per heavy atom. The molecule has 1 aliphatic carbocycles. The third kappa shape index (κ3) is 4.59. The highest BCUT2D eigenvalue weighted by molar-refractivity contribution is 8.00. The van der Waals surface area contributed by atoms with Gasteiger partial charge in [0.05, 0.1) is 11.3 Å². The van der Waals surface area contributed by atoms with Gasteiger partial charge in [0.1, 0.15) is 0 Å². The molecule has 0 fully saturated rings. The largest absolute Gasteiger partial charge is 0.349 e. The van der Waals surface area contributed by atoms with Crippen LogP contribution in [-0.4, -0.2) is 11.2 Å². The van der Waals surface area contributed by atoms with Gasteiger partial charge in [0.2, 0.25) is 5.91 Å². The zero-order valence-corrected chi connectivity index (χ0v) is 16.3. The van der Waals surface area contributed by atoms with Crippen molar-refractivity contribution in [2.24, 2.45) is 0 Å². The molecule has 132 valence electrons. The Hall–Kier alpha value is -1.45. The smallest absolute Gasteiger partial charge is 0.233 e. The minimum absolute atomic E-state index is 0.0262. The summed E-state index contributed by atoms with van der Waals surface area (Å²) in [4.78, 5) is 13.8. The Morgan fingerprint density at radius 2 is 1.88 bits per heavy atom. The van der Waals surface area contributed by atoms with E-state index in [1.165, 1.54) is 29.5 Å². The molecular formula is C21H24ClNOS. The zero-order valence-electron chi connectivity index (χ0n) is 14.7. The standard InChI is InChI=1S/C21H24ClNOS/c1-3-20(25-19-11-9-18(22)10-12-19)21(24)23-14(2)16-8-7-15-5-4-6-17(15)13-16/h7-14,20H,3-6H2,1-2H3,(H,23,24)/t14-,20+/m0/s1. The molecule has 2 nitrogen and oxygen atoms in total. The van der Waals surface area contributed by atoms with E-state index in [1.807, 2.05) is 31.2 Å². The summed E-state index contributed by atoms with van der Waals surface area (Å²) >= 11 is 7.53. The van der Waals surface area contributed by atoms with Crippen molar-refractivity contribution in [3.63, 3.8) is 0 Å². The molecule has 0 heterocycles. The number of fused-ring (bicyclic) bond motifs is 1. The van der Waals surface area contributed by atoms with Crippen molar-refractivity contribution in [3.8, 4) is 0 Å². The Kier molecular flexibility index (Phi) is 6.08. The van der Waals surface area contributed by atoms with Gasteiger partial charge in [-0.05, 0) is 73.6 Å². The van der Waals surface area contributed by atoms with Gasteiger partial charge in [0.25, 0.3) is 0 Å². The first-order valence-electron chi connectivity index (χ1n) is 8.91. The highest BCUT2D eigenvalue weighted by atomic mass is 35.5. The van der Waals surface area contributed by atoms with Gasteiger partial charge < -0.3 is 5.32 Å². The Bertz CT molecular complexity index is 744. The average Bonchev–Trinajstić information content (AvgIpc) is 3.08. The van der Waals surface area contributed by atoms with Crippen molar-refractivity contribution >= 4 is 29.3 Å². The first kappa shape index (κ1) is 18.3. The van der Waals surface area contributed by atoms with E-state index in [-0.39, 0.29) is 17.2 Å². The maximum atomic E-state index is 12.7. The third-order valence-corrected chi connectivity index (χ3v) is 6.36. The normalized spacial score (nSPS) is 15.5. The fourth-order valence-corrected chi connectivity index (χ4v) is 4.34. The van der Waals surface area contributed by atoms with Crippen molar-refractivity contribution < 1.29 is 4.79 Å². The lowest BCUT2D eigenvalue weighted by molar-refractivity contribution is -0.121. The molecule has 0 bridgehead atoms. The van der Waals surface area contributed by atoms with Crippen LogP contribution in [0.15, 0.2) is 47.4 Å². The molecule has 0 radical (unpaired) electrons. The van der Waals surface area contributed by atoms with E-state index in [1.54, 1.807) is 11.8 Å². The van der Waals surface area contributed by atoms with Crippen LogP contribution in [0.1, 0.15) is 49.4 Å². The van der Waals surface area contributed by atoms with Crippen molar-refractivity contribution in [2.45, 2.75) is 55.7 Å². The van der Waals surface area contributed by atoms with Crippen molar-refractivity contribution in [3.05, 3.63) is 64.2 Å². The average molecular weight is 374 g/mol. The van der Waals surface area contributed by atoms with E-state index in [0.29, 0.717) is 5.02 Å². The lowest BCUT2D eigenvalue weighted by Crippen LogP contribution is -2.34. The summed E-state index contributed by atoms with van der Waals surface area (Å²) in [7, 11) is 0. The SMILES string of the molecule is CC[C@@H](Sc1ccc(Cl)cc1)C(=O)N[C@@H](C)c1ccc2c(c1)CCC2. The van der Waals surface area contributed by atoms with Crippen LogP contribution in [0.4, 0.5) is 0 Å². The van der Waals surface area contributed by atoms with Crippen LogP contribution in [-0.2, 0) is 17.6 Å². The summed E-state index contributed by atoms with van der Waals surface area (Å²) in [5.74, 6) is 0.0930. The van der Waals surface area contributed by atoms with Gasteiger partial charge in [0.15, 0.2) is 0 Å². The molecule has 2 aromatic carbocycles. The quantitative estimate of drug-likeness (QED) is 0.670. The maximum absolute atomic E-state index is 12.7. The Balaban J connectivity index is 1.63. The van der Waals surface area contributed by atoms with E-state index in [4.69, 9.17) is 11.6 Å². The lowest BCUT2D eigenvalue weighted by Gasteiger charge is -2.20. The van der Waals surface area contributed by atoms with E-state index in [9.17, 15) is 4.79 Å². The number of aryl methyl sites for hydroxylation is 2. The zero-order chi connectivity index (χ0) is 17.8. The highest BCUT2D eigenvalue weighted by Gasteiger charge is 2.21. The second-order valence-electron chi connectivity index (χ2n) is 6.58. The lowest BCUT2D eigenvalue weighted by atomic mass is 10.0. The molecule has 2 atom stereocenters. The first-order chi connectivity index (χ1) is 12.1. The molecule has 1 aliphatic rings. The molecule has 0 saturated heterocycles. The molecule has 25 heavy (non-hydrogen) atoms. The van der Waals surface area contributed by atoms with Gasteiger partial charge in [-0.2, -0.15) is 0 Å². The van der Waals surface area contributed by atoms with Gasteiger partial charge in [-0.1, -0.05) is 36.7 Å². The van der Waals surface area contributed by atoms with E-state index >= 15 is 0 Å². The first-order valence-corrected chi connectivity index (χ1v) is 10.2. The monoisotopic (exact) mass is 373 g/mol. The molecular weight excluding hydrogens is 350 g/mol. The number of hydrogen-bond acceptors (Lipinski definition) is 2. The summed E-state index contributed by atoms with van der Waals surface area (Å²) in [6, 6.07) is 14.3. The minimum Gasteiger partial charge on any atom is -0.349 e. The Labute approximate surface area is 159 Å². The van der Waals surface area contributed by atoms with E-state index in [2.05, 4.69) is 30.4 Å². The molecule has 2 aromatic rings. The predicted octanol–water partition coefficient (Wildman–Crippen LogP) is 5.58. The van der Waals surface area contributed by atoms with E-state index in [0.717, 1.165) is 17.7 Å². The molecule has 0 saturated carbocycles. The molecule has 0 spiro atoms. The van der Waals surface area contributed by atoms with Crippen LogP contribution in [0.3, 0.4) is 0 Å². The molecule has 3 rings (SSSR count). The van der Waals surface area contributed by atoms with Crippen LogP contribution in [0, 0.1) is 0 Å². The van der Waals surface area contributed by atoms with Gasteiger partial charge in [0, 0.05) is 9.92 Å². The second kappa shape index (κ2) is 8.29. The van der Waals surface area contributed by atoms with Crippen molar-refractivity contribution in [2.75, 3.05) is 0 Å². The number of carbonyl (C=O) groups is 1. The fourth-order valence-electron chi connectivity index (χ4n) is 3.25. The summed E-state index contributed by atoms with van der Waals surface area (Å²) in [6.45, 7) is 4.11. The molecule has 0 aliphatic heterocycles. The van der Waals surface area contributed by atoms with Gasteiger partial charge in [-0.25, -0.2) is 0 Å². The fraction of sp³-hybridized carbons (Fsp3) is 0.381. The minimum atomic E-state index is -0.0990. The predicted molar refractivity (Wildman–Crippen MR) is 106 cm³/mol. The van der Waals surface area contributed by atoms with Gasteiger partial charge >= 0.3 is 0 Å². The van der Waals surface area contributed by atoms with Gasteiger partial charge in [-0.15, -0.1) is 11.8 Å². The molecule has 4 heteroatoms. The number of rotatable bonds is 6. The third-order valence-electron chi connectivity index (χ3n) is 4.74. The number of thioether (sulfide) groups is 1. The van der Waals surface area contributed by atoms with Crippen molar-refractivity contribution in [1.82, 2.24) is 5.32 Å². The van der Waals surface area contributed by atoms with Gasteiger partial charge in [-0.3, -0.25) is 4.79 Å². The summed E-state index contributed by atoms with van der Waals surface area (Å²) < 4.78 is 0. The summed E-state index contributed by atoms with van der Waals surface area (Å²) in [5.41, 5.74) is 4.11. The Morgan fingerprint density at radius 3 is 2.60 bits per heavy atom. The van der Waals surface area contributed by atoms with Crippen LogP contribution in [0.25, 0.3) is 0 Å². The number of nitrogens with one attached hydrogen (secondary N) is 1. The van der Waals surface area contributed by atoms with Crippen LogP contribution < -0.4 is 5.32 Å². The molecule has 0 unspecified atom stereocenters. The summed E-state index contributed by atoms with van der Waals surface area (Å²) in [5, 5.41) is 3.80. The molecule has 1 N–H and O–H groups in total. The number of benzene rings is 2. The number of amides is 1.